The molecule has 0 N–H and O–H groups in total. The number of rotatable bonds is 10. The summed E-state index contributed by atoms with van der Waals surface area (Å²) in [6, 6.07) is 0. The summed E-state index contributed by atoms with van der Waals surface area (Å²) in [4.78, 5) is 11.3. The van der Waals surface area contributed by atoms with Gasteiger partial charge in [0.25, 0.3) is 0 Å². The molecular formula is C12H24O3. The largest absolute Gasteiger partial charge is 0.381 e. The first-order valence-electron chi connectivity index (χ1n) is 5.84. The SMILES string of the molecule is CCOCCC(=O)CCOCCC(C)C. The van der Waals surface area contributed by atoms with Crippen LogP contribution in [-0.4, -0.2) is 32.2 Å². The van der Waals surface area contributed by atoms with Crippen LogP contribution in [-0.2, 0) is 14.3 Å². The minimum atomic E-state index is 0.230. The van der Waals surface area contributed by atoms with E-state index < -0.39 is 0 Å². The molecule has 0 rings (SSSR count). The van der Waals surface area contributed by atoms with Gasteiger partial charge >= 0.3 is 0 Å². The lowest BCUT2D eigenvalue weighted by Crippen LogP contribution is -2.08. The number of carbonyl (C=O) groups is 1. The lowest BCUT2D eigenvalue weighted by Gasteiger charge is -2.06. The van der Waals surface area contributed by atoms with Gasteiger partial charge in [0.15, 0.2) is 0 Å². The molecule has 0 spiro atoms. The smallest absolute Gasteiger partial charge is 0.137 e. The maximum Gasteiger partial charge on any atom is 0.137 e. The Bertz CT molecular complexity index is 155. The zero-order valence-corrected chi connectivity index (χ0v) is 10.3. The second kappa shape index (κ2) is 10.1. The molecule has 0 aliphatic heterocycles. The fraction of sp³-hybridized carbons (Fsp3) is 0.917. The van der Waals surface area contributed by atoms with Crippen LogP contribution in [0.15, 0.2) is 0 Å². The van der Waals surface area contributed by atoms with Crippen molar-refractivity contribution in [2.24, 2.45) is 5.92 Å². The highest BCUT2D eigenvalue weighted by Crippen LogP contribution is 1.99. The van der Waals surface area contributed by atoms with Gasteiger partial charge in [0.2, 0.25) is 0 Å². The van der Waals surface area contributed by atoms with E-state index in [9.17, 15) is 4.79 Å². The molecule has 0 radical (unpaired) electrons. The van der Waals surface area contributed by atoms with Crippen molar-refractivity contribution in [2.45, 2.75) is 40.0 Å². The summed E-state index contributed by atoms with van der Waals surface area (Å²) in [5.74, 6) is 0.895. The van der Waals surface area contributed by atoms with E-state index in [2.05, 4.69) is 13.8 Å². The topological polar surface area (TPSA) is 35.5 Å². The van der Waals surface area contributed by atoms with Crippen LogP contribution in [0.3, 0.4) is 0 Å². The van der Waals surface area contributed by atoms with Gasteiger partial charge in [-0.15, -0.1) is 0 Å². The van der Waals surface area contributed by atoms with Gasteiger partial charge in [0.1, 0.15) is 5.78 Å². The van der Waals surface area contributed by atoms with Crippen LogP contribution in [0.25, 0.3) is 0 Å². The number of hydrogen-bond acceptors (Lipinski definition) is 3. The molecule has 0 saturated carbocycles. The minimum absolute atomic E-state index is 0.230. The van der Waals surface area contributed by atoms with E-state index in [0.717, 1.165) is 13.0 Å². The maximum atomic E-state index is 11.3. The summed E-state index contributed by atoms with van der Waals surface area (Å²) < 4.78 is 10.5. The van der Waals surface area contributed by atoms with E-state index in [4.69, 9.17) is 9.47 Å². The van der Waals surface area contributed by atoms with Crippen molar-refractivity contribution in [1.82, 2.24) is 0 Å². The first kappa shape index (κ1) is 14.6. The second-order valence-corrected chi connectivity index (χ2v) is 4.03. The fourth-order valence-electron chi connectivity index (χ4n) is 1.06. The zero-order valence-electron chi connectivity index (χ0n) is 10.3. The third-order valence-corrected chi connectivity index (χ3v) is 2.09. The van der Waals surface area contributed by atoms with Crippen LogP contribution in [0.5, 0.6) is 0 Å². The Hall–Kier alpha value is -0.410. The first-order chi connectivity index (χ1) is 7.16. The normalized spacial score (nSPS) is 10.9. The molecule has 0 aliphatic rings. The predicted molar refractivity (Wildman–Crippen MR) is 61.0 cm³/mol. The minimum Gasteiger partial charge on any atom is -0.381 e. The van der Waals surface area contributed by atoms with Gasteiger partial charge in [-0.3, -0.25) is 4.79 Å². The van der Waals surface area contributed by atoms with Gasteiger partial charge in [0.05, 0.1) is 13.2 Å². The molecule has 3 heteroatoms. The van der Waals surface area contributed by atoms with Crippen LogP contribution in [0.2, 0.25) is 0 Å². The Morgan fingerprint density at radius 3 is 2.20 bits per heavy atom. The van der Waals surface area contributed by atoms with Gasteiger partial charge in [-0.2, -0.15) is 0 Å². The average molecular weight is 216 g/mol. The average Bonchev–Trinajstić information content (AvgIpc) is 2.17. The molecule has 90 valence electrons. The molecule has 0 saturated heterocycles. The highest BCUT2D eigenvalue weighted by molar-refractivity contribution is 5.78. The Balaban J connectivity index is 3.17. The molecule has 0 atom stereocenters. The molecule has 0 aromatic rings. The van der Waals surface area contributed by atoms with Crippen LogP contribution < -0.4 is 0 Å². The van der Waals surface area contributed by atoms with Crippen LogP contribution >= 0.6 is 0 Å². The van der Waals surface area contributed by atoms with Crippen LogP contribution in [0.1, 0.15) is 40.0 Å². The van der Waals surface area contributed by atoms with Crippen molar-refractivity contribution in [3.05, 3.63) is 0 Å². The fourth-order valence-corrected chi connectivity index (χ4v) is 1.06. The highest BCUT2D eigenvalue weighted by atomic mass is 16.5. The summed E-state index contributed by atoms with van der Waals surface area (Å²) >= 11 is 0. The first-order valence-corrected chi connectivity index (χ1v) is 5.84. The van der Waals surface area contributed by atoms with Crippen molar-refractivity contribution in [2.75, 3.05) is 26.4 Å². The third kappa shape index (κ3) is 11.5. The second-order valence-electron chi connectivity index (χ2n) is 4.03. The molecule has 0 aromatic heterocycles. The molecule has 0 aliphatic carbocycles. The number of hydrogen-bond donors (Lipinski definition) is 0. The summed E-state index contributed by atoms with van der Waals surface area (Å²) in [6.45, 7) is 8.79. The monoisotopic (exact) mass is 216 g/mol. The van der Waals surface area contributed by atoms with Gasteiger partial charge in [-0.1, -0.05) is 13.8 Å². The molecule has 0 unspecified atom stereocenters. The summed E-state index contributed by atoms with van der Waals surface area (Å²) in [7, 11) is 0. The van der Waals surface area contributed by atoms with Gasteiger partial charge < -0.3 is 9.47 Å². The molecule has 3 nitrogen and oxygen atoms in total. The molecule has 0 aromatic carbocycles. The molecule has 15 heavy (non-hydrogen) atoms. The van der Waals surface area contributed by atoms with E-state index >= 15 is 0 Å². The number of carbonyl (C=O) groups excluding carboxylic acids is 1. The Morgan fingerprint density at radius 1 is 1.07 bits per heavy atom. The number of ether oxygens (including phenoxy) is 2. The Labute approximate surface area is 93.1 Å². The standard InChI is InChI=1S/C12H24O3/c1-4-14-9-6-12(13)7-10-15-8-5-11(2)3/h11H,4-10H2,1-3H3. The maximum absolute atomic E-state index is 11.3. The van der Waals surface area contributed by atoms with Gasteiger partial charge in [0, 0.05) is 26.1 Å². The summed E-state index contributed by atoms with van der Waals surface area (Å²) in [5.41, 5.74) is 0. The molecule has 0 heterocycles. The Morgan fingerprint density at radius 2 is 1.67 bits per heavy atom. The van der Waals surface area contributed by atoms with Crippen molar-refractivity contribution >= 4 is 5.78 Å². The van der Waals surface area contributed by atoms with Crippen molar-refractivity contribution in [3.8, 4) is 0 Å². The van der Waals surface area contributed by atoms with E-state index in [1.165, 1.54) is 0 Å². The Kier molecular flexibility index (Phi) is 9.84. The zero-order chi connectivity index (χ0) is 11.5. The lowest BCUT2D eigenvalue weighted by molar-refractivity contribution is -0.121. The van der Waals surface area contributed by atoms with Crippen molar-refractivity contribution in [1.29, 1.82) is 0 Å². The highest BCUT2D eigenvalue weighted by Gasteiger charge is 2.01. The van der Waals surface area contributed by atoms with Crippen molar-refractivity contribution in [3.63, 3.8) is 0 Å². The predicted octanol–water partition coefficient (Wildman–Crippen LogP) is 2.43. The molecule has 0 amide bonds. The molecular weight excluding hydrogens is 192 g/mol. The number of Topliss-reactive ketones (excluding diaryl/α,β-unsaturated/α-hetero) is 1. The third-order valence-electron chi connectivity index (χ3n) is 2.09. The number of ketones is 1. The van der Waals surface area contributed by atoms with E-state index in [1.807, 2.05) is 6.92 Å². The van der Waals surface area contributed by atoms with Gasteiger partial charge in [-0.25, -0.2) is 0 Å². The van der Waals surface area contributed by atoms with E-state index in [1.54, 1.807) is 0 Å². The molecule has 0 bridgehead atoms. The quantitative estimate of drug-likeness (QED) is 0.526. The van der Waals surface area contributed by atoms with Crippen molar-refractivity contribution < 1.29 is 14.3 Å². The van der Waals surface area contributed by atoms with E-state index in [0.29, 0.717) is 38.6 Å². The summed E-state index contributed by atoms with van der Waals surface area (Å²) in [6.07, 6.45) is 2.10. The summed E-state index contributed by atoms with van der Waals surface area (Å²) in [5, 5.41) is 0. The molecule has 0 fully saturated rings. The lowest BCUT2D eigenvalue weighted by atomic mass is 10.1. The van der Waals surface area contributed by atoms with Crippen LogP contribution in [0, 0.1) is 5.92 Å². The van der Waals surface area contributed by atoms with Crippen LogP contribution in [0.4, 0.5) is 0 Å². The van der Waals surface area contributed by atoms with Gasteiger partial charge in [-0.05, 0) is 19.3 Å². The van der Waals surface area contributed by atoms with E-state index in [-0.39, 0.29) is 5.78 Å².